The molecule has 1 N–H and O–H groups in total. The van der Waals surface area contributed by atoms with Crippen molar-refractivity contribution in [1.82, 2.24) is 0 Å². The summed E-state index contributed by atoms with van der Waals surface area (Å²) in [5, 5.41) is 9.55. The molecule has 0 aromatic heterocycles. The Morgan fingerprint density at radius 1 is 1.33 bits per heavy atom. The van der Waals surface area contributed by atoms with E-state index in [0.29, 0.717) is 19.0 Å². The molecule has 15 heavy (non-hydrogen) atoms. The van der Waals surface area contributed by atoms with Crippen LogP contribution in [0.2, 0.25) is 0 Å². The fourth-order valence-electron chi connectivity index (χ4n) is 1.54. The van der Waals surface area contributed by atoms with E-state index in [9.17, 15) is 5.11 Å². The Hall–Kier alpha value is -0.740. The van der Waals surface area contributed by atoms with Crippen LogP contribution in [0.25, 0.3) is 0 Å². The molecule has 1 aliphatic heterocycles. The molecule has 82 valence electrons. The molecule has 1 aromatic rings. The SMILES string of the molecule is CC(O)c1ccc2c(c1Br)OCCCO2. The van der Waals surface area contributed by atoms with Crippen LogP contribution in [0.1, 0.15) is 25.0 Å². The summed E-state index contributed by atoms with van der Waals surface area (Å²) >= 11 is 3.44. The van der Waals surface area contributed by atoms with Gasteiger partial charge in [-0.05, 0) is 34.5 Å². The first kappa shape index (κ1) is 10.8. The first-order chi connectivity index (χ1) is 7.20. The van der Waals surface area contributed by atoms with E-state index in [1.54, 1.807) is 6.92 Å². The van der Waals surface area contributed by atoms with Gasteiger partial charge in [-0.3, -0.25) is 0 Å². The topological polar surface area (TPSA) is 38.7 Å². The Bertz CT molecular complexity index is 363. The molecular weight excluding hydrogens is 260 g/mol. The Morgan fingerprint density at radius 3 is 2.80 bits per heavy atom. The second-order valence-electron chi connectivity index (χ2n) is 3.52. The standard InChI is InChI=1S/C11H13BrO3/c1-7(13)8-3-4-9-11(10(8)12)15-6-2-5-14-9/h3-4,7,13H,2,5-6H2,1H3. The van der Waals surface area contributed by atoms with Gasteiger partial charge in [0.05, 0.1) is 23.8 Å². The highest BCUT2D eigenvalue weighted by Crippen LogP contribution is 2.41. The summed E-state index contributed by atoms with van der Waals surface area (Å²) in [6.07, 6.45) is 0.363. The normalized spacial score (nSPS) is 17.0. The van der Waals surface area contributed by atoms with Gasteiger partial charge in [-0.25, -0.2) is 0 Å². The van der Waals surface area contributed by atoms with Crippen LogP contribution in [0.5, 0.6) is 11.5 Å². The van der Waals surface area contributed by atoms with E-state index in [1.807, 2.05) is 12.1 Å². The monoisotopic (exact) mass is 272 g/mol. The van der Waals surface area contributed by atoms with Crippen molar-refractivity contribution in [2.24, 2.45) is 0 Å². The predicted molar refractivity (Wildman–Crippen MR) is 60.4 cm³/mol. The largest absolute Gasteiger partial charge is 0.490 e. The molecule has 0 amide bonds. The van der Waals surface area contributed by atoms with Gasteiger partial charge in [0.1, 0.15) is 0 Å². The number of halogens is 1. The maximum absolute atomic E-state index is 9.55. The lowest BCUT2D eigenvalue weighted by Crippen LogP contribution is -1.98. The summed E-state index contributed by atoms with van der Waals surface area (Å²) in [7, 11) is 0. The first-order valence-electron chi connectivity index (χ1n) is 4.96. The number of rotatable bonds is 1. The van der Waals surface area contributed by atoms with Gasteiger partial charge in [0, 0.05) is 6.42 Å². The molecule has 0 saturated heterocycles. The molecule has 4 heteroatoms. The highest BCUT2D eigenvalue weighted by molar-refractivity contribution is 9.10. The second-order valence-corrected chi connectivity index (χ2v) is 4.32. The molecular formula is C11H13BrO3. The quantitative estimate of drug-likeness (QED) is 0.855. The third-order valence-electron chi connectivity index (χ3n) is 2.33. The van der Waals surface area contributed by atoms with E-state index < -0.39 is 6.10 Å². The second kappa shape index (κ2) is 4.41. The van der Waals surface area contributed by atoms with Crippen molar-refractivity contribution < 1.29 is 14.6 Å². The van der Waals surface area contributed by atoms with Gasteiger partial charge in [0.2, 0.25) is 0 Å². The fraction of sp³-hybridized carbons (Fsp3) is 0.455. The minimum atomic E-state index is -0.517. The molecule has 0 bridgehead atoms. The number of ether oxygens (including phenoxy) is 2. The van der Waals surface area contributed by atoms with Crippen LogP contribution in [-0.2, 0) is 0 Å². The van der Waals surface area contributed by atoms with Crippen LogP contribution in [-0.4, -0.2) is 18.3 Å². The van der Waals surface area contributed by atoms with Gasteiger partial charge >= 0.3 is 0 Å². The average Bonchev–Trinajstić information content (AvgIpc) is 2.43. The summed E-state index contributed by atoms with van der Waals surface area (Å²) in [6, 6.07) is 3.69. The Balaban J connectivity index is 2.46. The van der Waals surface area contributed by atoms with Crippen LogP contribution in [0.15, 0.2) is 16.6 Å². The Morgan fingerprint density at radius 2 is 2.07 bits per heavy atom. The van der Waals surface area contributed by atoms with Crippen molar-refractivity contribution in [3.63, 3.8) is 0 Å². The van der Waals surface area contributed by atoms with E-state index in [-0.39, 0.29) is 0 Å². The van der Waals surface area contributed by atoms with Crippen molar-refractivity contribution in [2.75, 3.05) is 13.2 Å². The van der Waals surface area contributed by atoms with Crippen molar-refractivity contribution in [3.8, 4) is 11.5 Å². The molecule has 0 spiro atoms. The van der Waals surface area contributed by atoms with E-state index in [1.165, 1.54) is 0 Å². The van der Waals surface area contributed by atoms with E-state index in [0.717, 1.165) is 22.2 Å². The zero-order chi connectivity index (χ0) is 10.8. The summed E-state index contributed by atoms with van der Waals surface area (Å²) in [4.78, 5) is 0. The molecule has 0 aliphatic carbocycles. The Kier molecular flexibility index (Phi) is 3.17. The molecule has 1 unspecified atom stereocenters. The molecule has 3 nitrogen and oxygen atoms in total. The molecule has 0 saturated carbocycles. The summed E-state index contributed by atoms with van der Waals surface area (Å²) in [6.45, 7) is 3.05. The molecule has 1 atom stereocenters. The average molecular weight is 273 g/mol. The van der Waals surface area contributed by atoms with Crippen LogP contribution in [0, 0.1) is 0 Å². The van der Waals surface area contributed by atoms with Crippen LogP contribution in [0.4, 0.5) is 0 Å². The van der Waals surface area contributed by atoms with Crippen molar-refractivity contribution in [1.29, 1.82) is 0 Å². The first-order valence-corrected chi connectivity index (χ1v) is 5.75. The van der Waals surface area contributed by atoms with Crippen LogP contribution in [0.3, 0.4) is 0 Å². The van der Waals surface area contributed by atoms with Gasteiger partial charge in [-0.15, -0.1) is 0 Å². The Labute approximate surface area is 97.1 Å². The number of hydrogen-bond acceptors (Lipinski definition) is 3. The van der Waals surface area contributed by atoms with Gasteiger partial charge in [-0.1, -0.05) is 6.07 Å². The third kappa shape index (κ3) is 2.11. The van der Waals surface area contributed by atoms with Crippen LogP contribution >= 0.6 is 15.9 Å². The summed E-state index contributed by atoms with van der Waals surface area (Å²) in [5.74, 6) is 1.44. The number of aliphatic hydroxyl groups excluding tert-OH is 1. The maximum atomic E-state index is 9.55. The lowest BCUT2D eigenvalue weighted by atomic mass is 10.1. The number of aliphatic hydroxyl groups is 1. The highest BCUT2D eigenvalue weighted by Gasteiger charge is 2.18. The lowest BCUT2D eigenvalue weighted by Gasteiger charge is -2.14. The predicted octanol–water partition coefficient (Wildman–Crippen LogP) is 2.66. The summed E-state index contributed by atoms with van der Waals surface area (Å²) < 4.78 is 11.9. The minimum absolute atomic E-state index is 0.517. The van der Waals surface area contributed by atoms with Gasteiger partial charge < -0.3 is 14.6 Å². The molecule has 1 heterocycles. The zero-order valence-corrected chi connectivity index (χ0v) is 10.1. The van der Waals surface area contributed by atoms with Crippen LogP contribution < -0.4 is 9.47 Å². The minimum Gasteiger partial charge on any atom is -0.490 e. The van der Waals surface area contributed by atoms with Crippen molar-refractivity contribution in [3.05, 3.63) is 22.2 Å². The molecule has 1 aliphatic rings. The molecule has 0 radical (unpaired) electrons. The van der Waals surface area contributed by atoms with E-state index in [4.69, 9.17) is 9.47 Å². The van der Waals surface area contributed by atoms with E-state index in [2.05, 4.69) is 15.9 Å². The van der Waals surface area contributed by atoms with Crippen molar-refractivity contribution >= 4 is 15.9 Å². The highest BCUT2D eigenvalue weighted by atomic mass is 79.9. The smallest absolute Gasteiger partial charge is 0.175 e. The van der Waals surface area contributed by atoms with E-state index >= 15 is 0 Å². The fourth-order valence-corrected chi connectivity index (χ4v) is 2.31. The van der Waals surface area contributed by atoms with Gasteiger partial charge in [-0.2, -0.15) is 0 Å². The molecule has 0 fully saturated rings. The van der Waals surface area contributed by atoms with Crippen molar-refractivity contribution in [2.45, 2.75) is 19.4 Å². The molecule has 1 aromatic carbocycles. The van der Waals surface area contributed by atoms with Gasteiger partial charge in [0.15, 0.2) is 11.5 Å². The number of hydrogen-bond donors (Lipinski definition) is 1. The maximum Gasteiger partial charge on any atom is 0.175 e. The molecule has 2 rings (SSSR count). The number of fused-ring (bicyclic) bond motifs is 1. The lowest BCUT2D eigenvalue weighted by molar-refractivity contribution is 0.197. The van der Waals surface area contributed by atoms with Gasteiger partial charge in [0.25, 0.3) is 0 Å². The summed E-state index contributed by atoms with van der Waals surface area (Å²) in [5.41, 5.74) is 0.819. The third-order valence-corrected chi connectivity index (χ3v) is 3.15. The zero-order valence-electron chi connectivity index (χ0n) is 8.50. The number of benzene rings is 1.